The van der Waals surface area contributed by atoms with Crippen molar-refractivity contribution in [3.63, 3.8) is 0 Å². The smallest absolute Gasteiger partial charge is 0.328 e. The van der Waals surface area contributed by atoms with E-state index in [0.29, 0.717) is 0 Å². The van der Waals surface area contributed by atoms with Gasteiger partial charge in [0.1, 0.15) is 11.6 Å². The second-order valence-corrected chi connectivity index (χ2v) is 3.27. The number of hydrogen-bond acceptors (Lipinski definition) is 6. The third-order valence-electron chi connectivity index (χ3n) is 2.15. The normalized spacial score (nSPS) is 9.33. The van der Waals surface area contributed by atoms with Gasteiger partial charge in [-0.05, 0) is 6.07 Å². The molecule has 1 aromatic rings. The average Bonchev–Trinajstić information content (AvgIpc) is 2.37. The minimum absolute atomic E-state index is 0.0112. The van der Waals surface area contributed by atoms with Crippen molar-refractivity contribution in [1.82, 2.24) is 10.3 Å². The maximum Gasteiger partial charge on any atom is 0.328 e. The summed E-state index contributed by atoms with van der Waals surface area (Å²) >= 11 is 0. The van der Waals surface area contributed by atoms with E-state index in [1.807, 2.05) is 0 Å². The number of carbonyl (C=O) groups excluding carboxylic acids is 1. The number of nitriles is 1. The monoisotopic (exact) mass is 249 g/mol. The molecule has 0 atom stereocenters. The summed E-state index contributed by atoms with van der Waals surface area (Å²) < 4.78 is 0. The van der Waals surface area contributed by atoms with Crippen molar-refractivity contribution in [2.24, 2.45) is 0 Å². The van der Waals surface area contributed by atoms with Crippen molar-refractivity contribution >= 4 is 17.4 Å². The van der Waals surface area contributed by atoms with Gasteiger partial charge < -0.3 is 10.6 Å². The van der Waals surface area contributed by atoms with E-state index in [-0.39, 0.29) is 35.9 Å². The van der Waals surface area contributed by atoms with E-state index in [0.717, 1.165) is 0 Å². The van der Waals surface area contributed by atoms with Crippen molar-refractivity contribution in [3.8, 4) is 6.07 Å². The molecule has 0 aliphatic heterocycles. The molecule has 8 heteroatoms. The van der Waals surface area contributed by atoms with Gasteiger partial charge in [0.2, 0.25) is 11.7 Å². The van der Waals surface area contributed by atoms with Crippen LogP contribution in [0.25, 0.3) is 0 Å². The lowest BCUT2D eigenvalue weighted by molar-refractivity contribution is -0.384. The van der Waals surface area contributed by atoms with Gasteiger partial charge in [0.25, 0.3) is 0 Å². The number of nitro groups is 1. The highest BCUT2D eigenvalue weighted by Gasteiger charge is 2.20. The van der Waals surface area contributed by atoms with Gasteiger partial charge in [0.05, 0.1) is 4.92 Å². The fraction of sp³-hybridized carbons (Fsp3) is 0.300. The number of amides is 1. The summed E-state index contributed by atoms with van der Waals surface area (Å²) in [4.78, 5) is 25.0. The molecule has 1 aromatic heterocycles. The van der Waals surface area contributed by atoms with Crippen LogP contribution in [0.4, 0.5) is 11.5 Å². The van der Waals surface area contributed by atoms with Crippen LogP contribution in [0.2, 0.25) is 0 Å². The molecule has 0 spiro atoms. The van der Waals surface area contributed by atoms with E-state index in [4.69, 9.17) is 5.26 Å². The molecule has 0 saturated heterocycles. The molecule has 1 heterocycles. The third kappa shape index (κ3) is 3.15. The largest absolute Gasteiger partial charge is 0.364 e. The molecule has 0 saturated carbocycles. The van der Waals surface area contributed by atoms with E-state index in [9.17, 15) is 14.9 Å². The lowest BCUT2D eigenvalue weighted by Gasteiger charge is -2.05. The molecule has 2 N–H and O–H groups in total. The van der Waals surface area contributed by atoms with Crippen LogP contribution in [0.1, 0.15) is 12.0 Å². The summed E-state index contributed by atoms with van der Waals surface area (Å²) in [7, 11) is 1.50. The first kappa shape index (κ1) is 13.4. The highest BCUT2D eigenvalue weighted by atomic mass is 16.6. The zero-order valence-corrected chi connectivity index (χ0v) is 9.64. The van der Waals surface area contributed by atoms with Crippen molar-refractivity contribution in [3.05, 3.63) is 27.9 Å². The second kappa shape index (κ2) is 6.15. The van der Waals surface area contributed by atoms with Gasteiger partial charge >= 0.3 is 5.69 Å². The minimum atomic E-state index is -0.673. The molecule has 0 aliphatic carbocycles. The Hall–Kier alpha value is -2.69. The molecule has 18 heavy (non-hydrogen) atoms. The summed E-state index contributed by atoms with van der Waals surface area (Å²) in [6.45, 7) is 0.197. The summed E-state index contributed by atoms with van der Waals surface area (Å²) in [5, 5.41) is 24.7. The van der Waals surface area contributed by atoms with E-state index in [1.54, 1.807) is 6.07 Å². The standard InChI is InChI=1S/C10H11N5O3/c1-12-8(16)3-5-14-10-9(15(17)18)7(6-11)2-4-13-10/h2,4H,3,5H2,1H3,(H,12,16)(H,13,14). The number of carbonyl (C=O) groups is 1. The predicted molar refractivity (Wildman–Crippen MR) is 62.8 cm³/mol. The van der Waals surface area contributed by atoms with Crippen LogP contribution in [0.5, 0.6) is 0 Å². The number of rotatable bonds is 5. The summed E-state index contributed by atoms with van der Waals surface area (Å²) in [6.07, 6.45) is 1.46. The molecule has 1 amide bonds. The Morgan fingerprint density at radius 2 is 2.39 bits per heavy atom. The SMILES string of the molecule is CNC(=O)CCNc1nccc(C#N)c1[N+](=O)[O-]. The lowest BCUT2D eigenvalue weighted by atomic mass is 10.2. The van der Waals surface area contributed by atoms with Crippen LogP contribution in [0, 0.1) is 21.4 Å². The van der Waals surface area contributed by atoms with Crippen molar-refractivity contribution < 1.29 is 9.72 Å². The molecular formula is C10H11N5O3. The zero-order valence-electron chi connectivity index (χ0n) is 9.64. The lowest BCUT2D eigenvalue weighted by Crippen LogP contribution is -2.21. The molecule has 0 radical (unpaired) electrons. The second-order valence-electron chi connectivity index (χ2n) is 3.27. The first-order valence-electron chi connectivity index (χ1n) is 5.08. The molecule has 0 fully saturated rings. The Bertz CT molecular complexity index is 509. The van der Waals surface area contributed by atoms with Crippen molar-refractivity contribution in [2.75, 3.05) is 18.9 Å². The van der Waals surface area contributed by atoms with Gasteiger partial charge in [0, 0.05) is 26.2 Å². The van der Waals surface area contributed by atoms with Gasteiger partial charge in [-0.25, -0.2) is 4.98 Å². The van der Waals surface area contributed by atoms with Crippen molar-refractivity contribution in [2.45, 2.75) is 6.42 Å². The first-order valence-corrected chi connectivity index (χ1v) is 5.08. The maximum atomic E-state index is 11.0. The Kier molecular flexibility index (Phi) is 4.57. The predicted octanol–water partition coefficient (Wildman–Crippen LogP) is 0.409. The molecule has 0 bridgehead atoms. The Labute approximate surface area is 103 Å². The maximum absolute atomic E-state index is 11.0. The topological polar surface area (TPSA) is 121 Å². The van der Waals surface area contributed by atoms with E-state index < -0.39 is 4.92 Å². The number of aromatic nitrogens is 1. The van der Waals surface area contributed by atoms with Crippen LogP contribution >= 0.6 is 0 Å². The molecule has 0 aliphatic rings. The van der Waals surface area contributed by atoms with E-state index in [1.165, 1.54) is 19.3 Å². The van der Waals surface area contributed by atoms with Crippen molar-refractivity contribution in [1.29, 1.82) is 5.26 Å². The Morgan fingerprint density at radius 1 is 1.67 bits per heavy atom. The molecular weight excluding hydrogens is 238 g/mol. The van der Waals surface area contributed by atoms with E-state index >= 15 is 0 Å². The molecule has 0 unspecified atom stereocenters. The fourth-order valence-electron chi connectivity index (χ4n) is 1.28. The van der Waals surface area contributed by atoms with Gasteiger partial charge in [0.15, 0.2) is 0 Å². The molecule has 1 rings (SSSR count). The minimum Gasteiger partial charge on any atom is -0.364 e. The van der Waals surface area contributed by atoms with Gasteiger partial charge in [-0.3, -0.25) is 14.9 Å². The molecule has 94 valence electrons. The van der Waals surface area contributed by atoms with Crippen LogP contribution < -0.4 is 10.6 Å². The summed E-state index contributed by atoms with van der Waals surface area (Å²) in [5.74, 6) is -0.204. The van der Waals surface area contributed by atoms with Crippen LogP contribution in [-0.4, -0.2) is 29.4 Å². The van der Waals surface area contributed by atoms with E-state index in [2.05, 4.69) is 15.6 Å². The van der Waals surface area contributed by atoms with Crippen LogP contribution in [-0.2, 0) is 4.79 Å². The zero-order chi connectivity index (χ0) is 13.5. The average molecular weight is 249 g/mol. The quantitative estimate of drug-likeness (QED) is 0.575. The number of anilines is 1. The third-order valence-corrected chi connectivity index (χ3v) is 2.15. The summed E-state index contributed by atoms with van der Waals surface area (Å²) in [5.41, 5.74) is -0.450. The first-order chi connectivity index (χ1) is 8.60. The highest BCUT2D eigenvalue weighted by Crippen LogP contribution is 2.25. The summed E-state index contributed by atoms with van der Waals surface area (Å²) in [6, 6.07) is 2.99. The molecule has 0 aromatic carbocycles. The number of hydrogen-bond donors (Lipinski definition) is 2. The number of nitrogens with zero attached hydrogens (tertiary/aromatic N) is 3. The Balaban J connectivity index is 2.86. The highest BCUT2D eigenvalue weighted by molar-refractivity contribution is 5.76. The van der Waals surface area contributed by atoms with Gasteiger partial charge in [-0.2, -0.15) is 5.26 Å². The van der Waals surface area contributed by atoms with Gasteiger partial charge in [-0.1, -0.05) is 0 Å². The van der Waals surface area contributed by atoms with Crippen LogP contribution in [0.3, 0.4) is 0 Å². The van der Waals surface area contributed by atoms with Crippen LogP contribution in [0.15, 0.2) is 12.3 Å². The van der Waals surface area contributed by atoms with Gasteiger partial charge in [-0.15, -0.1) is 0 Å². The number of nitrogens with one attached hydrogen (secondary N) is 2. The fourth-order valence-corrected chi connectivity index (χ4v) is 1.28. The molecule has 8 nitrogen and oxygen atoms in total. The Morgan fingerprint density at radius 3 is 2.94 bits per heavy atom. The number of pyridine rings is 1.